The normalized spacial score (nSPS) is 11.7. The molecular weight excluding hydrogens is 294 g/mol. The minimum atomic E-state index is -0.545. The summed E-state index contributed by atoms with van der Waals surface area (Å²) in [6, 6.07) is 3.28. The lowest BCUT2D eigenvalue weighted by molar-refractivity contribution is -0.407. The van der Waals surface area contributed by atoms with Crippen LogP contribution in [-0.4, -0.2) is 4.92 Å². The van der Waals surface area contributed by atoms with Crippen LogP contribution < -0.4 is 0 Å². The molecule has 6 heteroatoms. The molecule has 0 saturated heterocycles. The van der Waals surface area contributed by atoms with Crippen LogP contribution in [0, 0.1) is 10.1 Å². The van der Waals surface area contributed by atoms with Crippen molar-refractivity contribution in [3.8, 4) is 0 Å². The van der Waals surface area contributed by atoms with E-state index in [0.29, 0.717) is 10.4 Å². The first-order chi connectivity index (χ1) is 5.59. The van der Waals surface area contributed by atoms with E-state index in [1.807, 2.05) is 0 Å². The summed E-state index contributed by atoms with van der Waals surface area (Å²) in [5.41, 5.74) is 0. The molecule has 1 aromatic heterocycles. The summed E-state index contributed by atoms with van der Waals surface area (Å²) in [4.78, 5) is 9.60. The van der Waals surface area contributed by atoms with E-state index in [-0.39, 0.29) is 4.61 Å². The highest BCUT2D eigenvalue weighted by molar-refractivity contribution is 9.11. The van der Waals surface area contributed by atoms with E-state index >= 15 is 0 Å². The fourth-order valence-corrected chi connectivity index (χ4v) is 1.12. The van der Waals surface area contributed by atoms with Gasteiger partial charge in [0.25, 0.3) is 0 Å². The highest BCUT2D eigenvalue weighted by atomic mass is 79.9. The van der Waals surface area contributed by atoms with Crippen LogP contribution in [0.2, 0.25) is 0 Å². The van der Waals surface area contributed by atoms with Crippen LogP contribution in [0.3, 0.4) is 0 Å². The van der Waals surface area contributed by atoms with E-state index in [1.165, 1.54) is 6.08 Å². The Hall–Kier alpha value is -0.620. The molecule has 1 rings (SSSR count). The number of nitro groups is 1. The Bertz CT molecular complexity index is 331. The summed E-state index contributed by atoms with van der Waals surface area (Å²) in [7, 11) is 0. The minimum absolute atomic E-state index is 0.135. The van der Waals surface area contributed by atoms with Gasteiger partial charge in [-0.3, -0.25) is 10.1 Å². The molecular formula is C6H3Br2NO3. The van der Waals surface area contributed by atoms with Crippen LogP contribution >= 0.6 is 31.9 Å². The van der Waals surface area contributed by atoms with Crippen molar-refractivity contribution < 1.29 is 9.34 Å². The lowest BCUT2D eigenvalue weighted by Gasteiger charge is -1.85. The maximum atomic E-state index is 10.1. The summed E-state index contributed by atoms with van der Waals surface area (Å²) in [6.45, 7) is 0. The SMILES string of the molecule is O=[N+]([O-])/C(Br)=C/c1ccc(Br)o1. The molecule has 0 bridgehead atoms. The van der Waals surface area contributed by atoms with Crippen molar-refractivity contribution >= 4 is 37.9 Å². The Morgan fingerprint density at radius 2 is 2.33 bits per heavy atom. The highest BCUT2D eigenvalue weighted by Crippen LogP contribution is 2.18. The fourth-order valence-electron chi connectivity index (χ4n) is 0.576. The molecule has 4 nitrogen and oxygen atoms in total. The summed E-state index contributed by atoms with van der Waals surface area (Å²) >= 11 is 5.85. The molecule has 0 aromatic carbocycles. The zero-order chi connectivity index (χ0) is 9.14. The molecule has 1 heterocycles. The molecule has 64 valence electrons. The second kappa shape index (κ2) is 3.86. The van der Waals surface area contributed by atoms with E-state index in [0.717, 1.165) is 0 Å². The topological polar surface area (TPSA) is 56.3 Å². The fraction of sp³-hybridized carbons (Fsp3) is 0. The van der Waals surface area contributed by atoms with Crippen molar-refractivity contribution in [3.63, 3.8) is 0 Å². The lowest BCUT2D eigenvalue weighted by atomic mass is 10.4. The molecule has 0 N–H and O–H groups in total. The summed E-state index contributed by atoms with van der Waals surface area (Å²) in [6.07, 6.45) is 1.28. The van der Waals surface area contributed by atoms with Gasteiger partial charge in [0.05, 0.1) is 11.0 Å². The molecule has 0 atom stereocenters. The van der Waals surface area contributed by atoms with Gasteiger partial charge in [-0.15, -0.1) is 0 Å². The van der Waals surface area contributed by atoms with Crippen LogP contribution in [0.5, 0.6) is 0 Å². The van der Waals surface area contributed by atoms with Crippen molar-refractivity contribution in [3.05, 3.63) is 37.3 Å². The largest absolute Gasteiger partial charge is 0.450 e. The van der Waals surface area contributed by atoms with Gasteiger partial charge in [-0.05, 0) is 28.1 Å². The maximum absolute atomic E-state index is 10.1. The molecule has 0 unspecified atom stereocenters. The van der Waals surface area contributed by atoms with Crippen molar-refractivity contribution in [1.82, 2.24) is 0 Å². The summed E-state index contributed by atoms with van der Waals surface area (Å²) in [5, 5.41) is 10.1. The standard InChI is InChI=1S/C6H3Br2NO3/c7-5(9(10)11)3-4-1-2-6(8)12-4/h1-3H/b5-3+. The van der Waals surface area contributed by atoms with E-state index in [1.54, 1.807) is 12.1 Å². The third-order valence-electron chi connectivity index (χ3n) is 1.03. The van der Waals surface area contributed by atoms with Gasteiger partial charge in [-0.25, -0.2) is 0 Å². The Labute approximate surface area is 84.7 Å². The lowest BCUT2D eigenvalue weighted by Crippen LogP contribution is -1.88. The first-order valence-corrected chi connectivity index (χ1v) is 4.45. The van der Waals surface area contributed by atoms with Gasteiger partial charge in [0, 0.05) is 15.9 Å². The predicted molar refractivity (Wildman–Crippen MR) is 50.3 cm³/mol. The summed E-state index contributed by atoms with van der Waals surface area (Å²) in [5.74, 6) is 0.422. The molecule has 0 fully saturated rings. The Kier molecular flexibility index (Phi) is 3.05. The molecule has 0 aliphatic rings. The molecule has 0 spiro atoms. The molecule has 0 radical (unpaired) electrons. The van der Waals surface area contributed by atoms with E-state index < -0.39 is 4.92 Å². The zero-order valence-electron chi connectivity index (χ0n) is 5.66. The number of furan rings is 1. The molecule has 0 aliphatic carbocycles. The van der Waals surface area contributed by atoms with Gasteiger partial charge in [-0.2, -0.15) is 0 Å². The van der Waals surface area contributed by atoms with Crippen LogP contribution in [0.4, 0.5) is 0 Å². The van der Waals surface area contributed by atoms with Gasteiger partial charge in [-0.1, -0.05) is 0 Å². The third-order valence-corrected chi connectivity index (χ3v) is 1.97. The molecule has 0 amide bonds. The van der Waals surface area contributed by atoms with Crippen molar-refractivity contribution in [2.75, 3.05) is 0 Å². The van der Waals surface area contributed by atoms with Gasteiger partial charge < -0.3 is 4.42 Å². The van der Waals surface area contributed by atoms with E-state index in [4.69, 9.17) is 4.42 Å². The van der Waals surface area contributed by atoms with E-state index in [9.17, 15) is 10.1 Å². The smallest absolute Gasteiger partial charge is 0.314 e. The minimum Gasteiger partial charge on any atom is -0.450 e. The summed E-state index contributed by atoms with van der Waals surface area (Å²) < 4.78 is 5.41. The van der Waals surface area contributed by atoms with Gasteiger partial charge >= 0.3 is 4.61 Å². The average Bonchev–Trinajstić information content (AvgIpc) is 2.35. The monoisotopic (exact) mass is 295 g/mol. The zero-order valence-corrected chi connectivity index (χ0v) is 8.83. The van der Waals surface area contributed by atoms with Gasteiger partial charge in [0.1, 0.15) is 5.76 Å². The molecule has 0 saturated carbocycles. The van der Waals surface area contributed by atoms with E-state index in [2.05, 4.69) is 31.9 Å². The van der Waals surface area contributed by atoms with Gasteiger partial charge in [0.15, 0.2) is 4.67 Å². The van der Waals surface area contributed by atoms with Crippen molar-refractivity contribution in [1.29, 1.82) is 0 Å². The number of halogens is 2. The van der Waals surface area contributed by atoms with Crippen LogP contribution in [-0.2, 0) is 0 Å². The highest BCUT2D eigenvalue weighted by Gasteiger charge is 2.06. The number of nitrogens with zero attached hydrogens (tertiary/aromatic N) is 1. The quantitative estimate of drug-likeness (QED) is 0.479. The molecule has 0 aliphatic heterocycles. The number of hydrogen-bond acceptors (Lipinski definition) is 3. The van der Waals surface area contributed by atoms with Crippen molar-refractivity contribution in [2.24, 2.45) is 0 Å². The van der Waals surface area contributed by atoms with Crippen LogP contribution in [0.15, 0.2) is 25.8 Å². The first-order valence-electron chi connectivity index (χ1n) is 2.86. The Balaban J connectivity index is 2.87. The number of rotatable bonds is 2. The van der Waals surface area contributed by atoms with Crippen molar-refractivity contribution in [2.45, 2.75) is 0 Å². The van der Waals surface area contributed by atoms with Crippen LogP contribution in [0.25, 0.3) is 6.08 Å². The predicted octanol–water partition coefficient (Wildman–Crippen LogP) is 3.01. The van der Waals surface area contributed by atoms with Gasteiger partial charge in [0.2, 0.25) is 0 Å². The Morgan fingerprint density at radius 3 is 2.75 bits per heavy atom. The second-order valence-corrected chi connectivity index (χ2v) is 3.46. The Morgan fingerprint density at radius 1 is 1.67 bits per heavy atom. The molecule has 1 aromatic rings. The first kappa shape index (κ1) is 9.47. The molecule has 12 heavy (non-hydrogen) atoms. The number of hydrogen-bond donors (Lipinski definition) is 0. The maximum Gasteiger partial charge on any atom is 0.314 e. The average molecular weight is 297 g/mol. The van der Waals surface area contributed by atoms with Crippen LogP contribution in [0.1, 0.15) is 5.76 Å². The third kappa shape index (κ3) is 2.46. The second-order valence-electron chi connectivity index (χ2n) is 1.87.